The molecule has 0 aliphatic carbocycles. The van der Waals surface area contributed by atoms with Crippen LogP contribution in [0, 0.1) is 5.92 Å². The highest BCUT2D eigenvalue weighted by Gasteiger charge is 2.24. The Labute approximate surface area is 231 Å². The lowest BCUT2D eigenvalue weighted by Crippen LogP contribution is -2.47. The molecule has 1 atom stereocenters. The van der Waals surface area contributed by atoms with Crippen LogP contribution in [0.5, 0.6) is 0 Å². The highest BCUT2D eigenvalue weighted by molar-refractivity contribution is 7.09. The van der Waals surface area contributed by atoms with Gasteiger partial charge in [-0.3, -0.25) is 14.6 Å². The number of hydrogen-bond acceptors (Lipinski definition) is 6. The third-order valence-corrected chi connectivity index (χ3v) is 7.66. The summed E-state index contributed by atoms with van der Waals surface area (Å²) in [5, 5.41) is 14.0. The van der Waals surface area contributed by atoms with Gasteiger partial charge in [0.1, 0.15) is 17.7 Å². The number of fused-ring (bicyclic) bond motifs is 1. The van der Waals surface area contributed by atoms with Crippen molar-refractivity contribution in [3.8, 4) is 0 Å². The minimum Gasteiger partial charge on any atom is -0.354 e. The molecule has 0 fully saturated rings. The van der Waals surface area contributed by atoms with Crippen molar-refractivity contribution in [2.45, 2.75) is 71.9 Å². The number of aromatic amines is 2. The van der Waals surface area contributed by atoms with Crippen LogP contribution in [-0.4, -0.2) is 49.1 Å². The molecule has 4 aromatic rings. The van der Waals surface area contributed by atoms with Gasteiger partial charge in [0.25, 0.3) is 5.91 Å². The first-order chi connectivity index (χ1) is 18.8. The second kappa shape index (κ2) is 12.9. The van der Waals surface area contributed by atoms with Gasteiger partial charge in [-0.15, -0.1) is 11.3 Å². The normalized spacial score (nSPS) is 12.4. The number of hydrogen-bond donors (Lipinski definition) is 4. The van der Waals surface area contributed by atoms with Gasteiger partial charge in [0.2, 0.25) is 5.91 Å². The van der Waals surface area contributed by atoms with Gasteiger partial charge in [-0.05, 0) is 54.8 Å². The number of carbonyl (C=O) groups excluding carboxylic acids is 2. The molecule has 3 heterocycles. The fraction of sp³-hybridized carbons (Fsp3) is 0.464. The number of H-pyrrole nitrogens is 2. The van der Waals surface area contributed by atoms with Crippen LogP contribution < -0.4 is 16.3 Å². The molecular formula is C28H37N7O3S. The zero-order valence-electron chi connectivity index (χ0n) is 22.9. The van der Waals surface area contributed by atoms with Crippen molar-refractivity contribution in [3.05, 3.63) is 68.3 Å². The second-order valence-electron chi connectivity index (χ2n) is 10.1. The largest absolute Gasteiger partial charge is 0.354 e. The van der Waals surface area contributed by atoms with E-state index in [2.05, 4.69) is 55.7 Å². The van der Waals surface area contributed by atoms with Gasteiger partial charge in [-0.25, -0.2) is 14.9 Å². The van der Waals surface area contributed by atoms with Crippen LogP contribution in [0.1, 0.15) is 79.9 Å². The first-order valence-electron chi connectivity index (χ1n) is 13.5. The van der Waals surface area contributed by atoms with Gasteiger partial charge in [-0.2, -0.15) is 5.10 Å². The summed E-state index contributed by atoms with van der Waals surface area (Å²) in [5.74, 6) is 1.07. The number of carbonyl (C=O) groups is 2. The zero-order chi connectivity index (χ0) is 27.9. The van der Waals surface area contributed by atoms with Crippen LogP contribution in [0.3, 0.4) is 0 Å². The van der Waals surface area contributed by atoms with Gasteiger partial charge in [0, 0.05) is 35.9 Å². The lowest BCUT2D eigenvalue weighted by Gasteiger charge is -2.20. The van der Waals surface area contributed by atoms with E-state index < -0.39 is 6.04 Å². The van der Waals surface area contributed by atoms with E-state index in [1.54, 1.807) is 11.3 Å². The van der Waals surface area contributed by atoms with Crippen LogP contribution in [0.25, 0.3) is 11.0 Å². The summed E-state index contributed by atoms with van der Waals surface area (Å²) in [6.07, 6.45) is 3.59. The molecule has 39 heavy (non-hydrogen) atoms. The number of aromatic nitrogens is 5. The van der Waals surface area contributed by atoms with Gasteiger partial charge < -0.3 is 15.2 Å². The number of rotatable bonds is 13. The topological polar surface area (TPSA) is 138 Å². The maximum Gasteiger partial charge on any atom is 0.340 e. The fourth-order valence-corrected chi connectivity index (χ4v) is 5.54. The lowest BCUT2D eigenvalue weighted by atomic mass is 10.0. The van der Waals surface area contributed by atoms with E-state index in [0.717, 1.165) is 36.1 Å². The van der Waals surface area contributed by atoms with Crippen molar-refractivity contribution < 1.29 is 9.59 Å². The van der Waals surface area contributed by atoms with E-state index in [4.69, 9.17) is 4.98 Å². The van der Waals surface area contributed by atoms with E-state index in [-0.39, 0.29) is 30.0 Å². The van der Waals surface area contributed by atoms with E-state index in [1.807, 2.05) is 38.1 Å². The minimum absolute atomic E-state index is 0.196. The molecule has 3 aromatic heterocycles. The van der Waals surface area contributed by atoms with Crippen LogP contribution >= 0.6 is 11.3 Å². The summed E-state index contributed by atoms with van der Waals surface area (Å²) in [5.41, 5.74) is 1.87. The molecule has 208 valence electrons. The van der Waals surface area contributed by atoms with Crippen molar-refractivity contribution in [2.24, 2.45) is 5.92 Å². The smallest absolute Gasteiger partial charge is 0.340 e. The Morgan fingerprint density at radius 3 is 2.59 bits per heavy atom. The molecule has 4 N–H and O–H groups in total. The van der Waals surface area contributed by atoms with Gasteiger partial charge in [0.15, 0.2) is 0 Å². The Hall–Kier alpha value is -3.73. The maximum absolute atomic E-state index is 13.3. The highest BCUT2D eigenvalue weighted by atomic mass is 32.1. The number of amides is 2. The maximum atomic E-state index is 13.3. The number of thiophene rings is 1. The molecule has 10 nitrogen and oxygen atoms in total. The zero-order valence-corrected chi connectivity index (χ0v) is 23.7. The van der Waals surface area contributed by atoms with Crippen molar-refractivity contribution in [2.75, 3.05) is 6.54 Å². The molecular weight excluding hydrogens is 514 g/mol. The van der Waals surface area contributed by atoms with E-state index in [0.29, 0.717) is 30.3 Å². The van der Waals surface area contributed by atoms with Crippen LogP contribution in [0.4, 0.5) is 0 Å². The molecule has 0 bridgehead atoms. The summed E-state index contributed by atoms with van der Waals surface area (Å²) in [6.45, 7) is 8.67. The standard InChI is InChI=1S/C28H37N7O3S/c1-5-19(6-2)35-23-10-9-18(15-21(23)30-25(35)16-20-8-7-13-39-20)26(36)31-22(14-17(3)4)27(37)29-12-11-24-32-28(38)34-33-24/h7-10,13,15,17,19,22H,5-6,11-12,14,16H2,1-4H3,(H,29,37)(H,31,36)(H2,32,33,34,38)/t22-/m0/s1. The number of nitrogens with one attached hydrogen (secondary N) is 4. The Morgan fingerprint density at radius 1 is 1.15 bits per heavy atom. The Balaban J connectivity index is 1.52. The lowest BCUT2D eigenvalue weighted by molar-refractivity contribution is -0.123. The summed E-state index contributed by atoms with van der Waals surface area (Å²) >= 11 is 1.71. The average Bonchev–Trinajstić information content (AvgIpc) is 3.65. The summed E-state index contributed by atoms with van der Waals surface area (Å²) in [4.78, 5) is 46.2. The molecule has 0 unspecified atom stereocenters. The summed E-state index contributed by atoms with van der Waals surface area (Å²) in [6, 6.07) is 9.40. The first-order valence-corrected chi connectivity index (χ1v) is 14.4. The SMILES string of the molecule is CCC(CC)n1c(Cc2cccs2)nc2cc(C(=O)N[C@@H](CC(C)C)C(=O)NCCc3n[nH]c(=O)[nH]3)ccc21. The Bertz CT molecular complexity index is 1450. The van der Waals surface area contributed by atoms with Crippen LogP contribution in [0.2, 0.25) is 0 Å². The minimum atomic E-state index is -0.692. The van der Waals surface area contributed by atoms with Crippen molar-refractivity contribution in [3.63, 3.8) is 0 Å². The Morgan fingerprint density at radius 2 is 1.95 bits per heavy atom. The summed E-state index contributed by atoms with van der Waals surface area (Å²) in [7, 11) is 0. The van der Waals surface area contributed by atoms with E-state index >= 15 is 0 Å². The van der Waals surface area contributed by atoms with Crippen molar-refractivity contribution in [1.82, 2.24) is 35.4 Å². The second-order valence-corrected chi connectivity index (χ2v) is 11.2. The molecule has 0 aliphatic rings. The number of nitrogens with zero attached hydrogens (tertiary/aromatic N) is 3. The van der Waals surface area contributed by atoms with Crippen LogP contribution in [0.15, 0.2) is 40.5 Å². The Kier molecular flexibility index (Phi) is 9.34. The molecule has 0 saturated carbocycles. The van der Waals surface area contributed by atoms with Crippen LogP contribution in [-0.2, 0) is 17.6 Å². The first kappa shape index (κ1) is 28.3. The molecule has 0 aliphatic heterocycles. The van der Waals surface area contributed by atoms with Gasteiger partial charge >= 0.3 is 5.69 Å². The van der Waals surface area contributed by atoms with Crippen molar-refractivity contribution >= 4 is 34.2 Å². The van der Waals surface area contributed by atoms with Gasteiger partial charge in [-0.1, -0.05) is 33.8 Å². The van der Waals surface area contributed by atoms with E-state index in [1.165, 1.54) is 4.88 Å². The number of benzene rings is 1. The molecule has 11 heteroatoms. The van der Waals surface area contributed by atoms with Gasteiger partial charge in [0.05, 0.1) is 11.0 Å². The summed E-state index contributed by atoms with van der Waals surface area (Å²) < 4.78 is 2.32. The highest BCUT2D eigenvalue weighted by Crippen LogP contribution is 2.28. The molecule has 1 aromatic carbocycles. The van der Waals surface area contributed by atoms with Crippen molar-refractivity contribution in [1.29, 1.82) is 0 Å². The quantitative estimate of drug-likeness (QED) is 0.199. The molecule has 0 spiro atoms. The fourth-order valence-electron chi connectivity index (χ4n) is 4.84. The molecule has 2 amide bonds. The molecule has 0 saturated heterocycles. The number of imidazole rings is 1. The molecule has 4 rings (SSSR count). The monoisotopic (exact) mass is 551 g/mol. The third kappa shape index (κ3) is 7.03. The molecule has 0 radical (unpaired) electrons. The van der Waals surface area contributed by atoms with E-state index in [9.17, 15) is 14.4 Å². The average molecular weight is 552 g/mol. The third-order valence-electron chi connectivity index (χ3n) is 6.79. The predicted molar refractivity (Wildman–Crippen MR) is 153 cm³/mol. The predicted octanol–water partition coefficient (Wildman–Crippen LogP) is 3.96.